The molecule has 0 spiro atoms. The van der Waals surface area contributed by atoms with Gasteiger partial charge in [-0.3, -0.25) is 0 Å². The van der Waals surface area contributed by atoms with Crippen LogP contribution in [0.25, 0.3) is 0 Å². The number of aryl methyl sites for hydroxylation is 2. The standard InChI is InChI=1S/C19H23NO2/c1-22-19(17(21)12-20)18-15-8-4-2-6-13(15)10-11-14-7-3-5-9-16(14)18/h2-9,17-19,21H,10-12,20H2,1H3. The molecule has 116 valence electrons. The summed E-state index contributed by atoms with van der Waals surface area (Å²) in [5, 5.41) is 10.4. The van der Waals surface area contributed by atoms with Crippen LogP contribution in [0.3, 0.4) is 0 Å². The molecule has 0 aromatic heterocycles. The van der Waals surface area contributed by atoms with Crippen molar-refractivity contribution in [3.63, 3.8) is 0 Å². The number of fused-ring (bicyclic) bond motifs is 2. The highest BCUT2D eigenvalue weighted by atomic mass is 16.5. The maximum atomic E-state index is 10.4. The Balaban J connectivity index is 2.17. The molecule has 2 atom stereocenters. The van der Waals surface area contributed by atoms with Crippen molar-refractivity contribution in [2.75, 3.05) is 13.7 Å². The van der Waals surface area contributed by atoms with Crippen LogP contribution in [0.1, 0.15) is 28.2 Å². The minimum Gasteiger partial charge on any atom is -0.389 e. The summed E-state index contributed by atoms with van der Waals surface area (Å²) in [4.78, 5) is 0. The largest absolute Gasteiger partial charge is 0.389 e. The van der Waals surface area contributed by atoms with E-state index in [1.54, 1.807) is 7.11 Å². The Morgan fingerprint density at radius 2 is 1.55 bits per heavy atom. The average molecular weight is 297 g/mol. The van der Waals surface area contributed by atoms with Crippen LogP contribution in [0.5, 0.6) is 0 Å². The first kappa shape index (κ1) is 15.2. The molecule has 0 bridgehead atoms. The van der Waals surface area contributed by atoms with Crippen LogP contribution in [-0.2, 0) is 17.6 Å². The third-order valence-electron chi connectivity index (χ3n) is 4.67. The van der Waals surface area contributed by atoms with Gasteiger partial charge in [-0.15, -0.1) is 0 Å². The lowest BCUT2D eigenvalue weighted by atomic mass is 9.82. The van der Waals surface area contributed by atoms with Crippen LogP contribution in [0.15, 0.2) is 48.5 Å². The molecule has 2 unspecified atom stereocenters. The minimum atomic E-state index is -0.686. The Hall–Kier alpha value is -1.68. The smallest absolute Gasteiger partial charge is 0.0951 e. The second-order valence-electron chi connectivity index (χ2n) is 5.88. The lowest BCUT2D eigenvalue weighted by Gasteiger charge is -2.31. The maximum absolute atomic E-state index is 10.4. The highest BCUT2D eigenvalue weighted by Crippen LogP contribution is 2.38. The summed E-state index contributed by atoms with van der Waals surface area (Å²) in [6, 6.07) is 16.9. The summed E-state index contributed by atoms with van der Waals surface area (Å²) < 4.78 is 5.68. The van der Waals surface area contributed by atoms with E-state index < -0.39 is 6.10 Å². The van der Waals surface area contributed by atoms with Gasteiger partial charge in [-0.05, 0) is 35.1 Å². The highest BCUT2D eigenvalue weighted by molar-refractivity contribution is 5.46. The summed E-state index contributed by atoms with van der Waals surface area (Å²) >= 11 is 0. The number of rotatable bonds is 4. The van der Waals surface area contributed by atoms with Gasteiger partial charge in [-0.25, -0.2) is 0 Å². The van der Waals surface area contributed by atoms with E-state index in [4.69, 9.17) is 10.5 Å². The Labute approximate surface area is 131 Å². The predicted octanol–water partition coefficient (Wildman–Crippen LogP) is 2.25. The zero-order valence-corrected chi connectivity index (χ0v) is 12.9. The Morgan fingerprint density at radius 3 is 2.00 bits per heavy atom. The normalized spacial score (nSPS) is 17.2. The van der Waals surface area contributed by atoms with Crippen LogP contribution in [0.2, 0.25) is 0 Å². The number of hydrogen-bond acceptors (Lipinski definition) is 3. The first-order valence-corrected chi connectivity index (χ1v) is 7.82. The van der Waals surface area contributed by atoms with E-state index in [0.29, 0.717) is 0 Å². The molecular formula is C19H23NO2. The van der Waals surface area contributed by atoms with Crippen molar-refractivity contribution < 1.29 is 9.84 Å². The van der Waals surface area contributed by atoms with Crippen molar-refractivity contribution in [2.45, 2.75) is 31.0 Å². The van der Waals surface area contributed by atoms with Crippen molar-refractivity contribution in [3.05, 3.63) is 70.8 Å². The fourth-order valence-corrected chi connectivity index (χ4v) is 3.57. The Morgan fingerprint density at radius 1 is 1.05 bits per heavy atom. The van der Waals surface area contributed by atoms with Crippen LogP contribution in [0.4, 0.5) is 0 Å². The average Bonchev–Trinajstić information content (AvgIpc) is 2.73. The van der Waals surface area contributed by atoms with Crippen LogP contribution in [0, 0.1) is 0 Å². The third kappa shape index (κ3) is 2.68. The Kier molecular flexibility index (Phi) is 4.57. The quantitative estimate of drug-likeness (QED) is 0.910. The van der Waals surface area contributed by atoms with Gasteiger partial charge in [-0.1, -0.05) is 48.5 Å². The van der Waals surface area contributed by atoms with E-state index in [1.807, 2.05) is 0 Å². The molecule has 1 aliphatic rings. The molecule has 3 rings (SSSR count). The molecular weight excluding hydrogens is 274 g/mol. The third-order valence-corrected chi connectivity index (χ3v) is 4.67. The minimum absolute atomic E-state index is 0.0125. The first-order valence-electron chi connectivity index (χ1n) is 7.82. The highest BCUT2D eigenvalue weighted by Gasteiger charge is 2.34. The number of ether oxygens (including phenoxy) is 1. The van der Waals surface area contributed by atoms with Crippen molar-refractivity contribution in [2.24, 2.45) is 5.73 Å². The van der Waals surface area contributed by atoms with E-state index in [-0.39, 0.29) is 18.6 Å². The molecule has 22 heavy (non-hydrogen) atoms. The summed E-state index contributed by atoms with van der Waals surface area (Å²) in [7, 11) is 1.65. The zero-order valence-electron chi connectivity index (χ0n) is 12.9. The zero-order chi connectivity index (χ0) is 15.5. The molecule has 0 saturated carbocycles. The van der Waals surface area contributed by atoms with Gasteiger partial charge in [0.15, 0.2) is 0 Å². The van der Waals surface area contributed by atoms with Crippen LogP contribution < -0.4 is 5.73 Å². The molecule has 3 heteroatoms. The van der Waals surface area contributed by atoms with E-state index >= 15 is 0 Å². The molecule has 0 amide bonds. The summed E-state index contributed by atoms with van der Waals surface area (Å²) in [6.07, 6.45) is 0.997. The van der Waals surface area contributed by atoms with Gasteiger partial charge in [0.25, 0.3) is 0 Å². The maximum Gasteiger partial charge on any atom is 0.0951 e. The SMILES string of the molecule is COC(C(O)CN)C1c2ccccc2CCc2ccccc21. The van der Waals surface area contributed by atoms with Crippen molar-refractivity contribution in [3.8, 4) is 0 Å². The molecule has 3 nitrogen and oxygen atoms in total. The van der Waals surface area contributed by atoms with Gasteiger partial charge < -0.3 is 15.6 Å². The molecule has 1 aliphatic carbocycles. The van der Waals surface area contributed by atoms with Gasteiger partial charge in [0.05, 0.1) is 12.2 Å². The predicted molar refractivity (Wildman–Crippen MR) is 88.0 cm³/mol. The fraction of sp³-hybridized carbons (Fsp3) is 0.368. The monoisotopic (exact) mass is 297 g/mol. The molecule has 0 fully saturated rings. The first-order chi connectivity index (χ1) is 10.8. The second-order valence-corrected chi connectivity index (χ2v) is 5.88. The molecule has 2 aromatic carbocycles. The number of nitrogens with two attached hydrogens (primary N) is 1. The number of hydrogen-bond donors (Lipinski definition) is 2. The van der Waals surface area contributed by atoms with Crippen molar-refractivity contribution >= 4 is 0 Å². The van der Waals surface area contributed by atoms with E-state index in [2.05, 4.69) is 48.5 Å². The number of aliphatic hydroxyl groups excluding tert-OH is 1. The van der Waals surface area contributed by atoms with Gasteiger partial charge in [-0.2, -0.15) is 0 Å². The topological polar surface area (TPSA) is 55.5 Å². The fourth-order valence-electron chi connectivity index (χ4n) is 3.57. The van der Waals surface area contributed by atoms with E-state index in [0.717, 1.165) is 12.8 Å². The summed E-state index contributed by atoms with van der Waals surface area (Å²) in [5.74, 6) is 0.0125. The van der Waals surface area contributed by atoms with Gasteiger partial charge in [0.1, 0.15) is 0 Å². The lowest BCUT2D eigenvalue weighted by molar-refractivity contribution is -0.0160. The molecule has 3 N–H and O–H groups in total. The van der Waals surface area contributed by atoms with Gasteiger partial charge in [0.2, 0.25) is 0 Å². The Bertz CT molecular complexity index is 593. The molecule has 2 aromatic rings. The van der Waals surface area contributed by atoms with Gasteiger partial charge in [0, 0.05) is 19.6 Å². The number of benzene rings is 2. The lowest BCUT2D eigenvalue weighted by Crippen LogP contribution is -2.39. The molecule has 0 saturated heterocycles. The van der Waals surface area contributed by atoms with E-state index in [9.17, 15) is 5.11 Å². The summed E-state index contributed by atoms with van der Waals surface area (Å²) in [6.45, 7) is 0.194. The molecule has 0 radical (unpaired) electrons. The van der Waals surface area contributed by atoms with Crippen LogP contribution >= 0.6 is 0 Å². The number of aliphatic hydroxyl groups is 1. The van der Waals surface area contributed by atoms with Crippen molar-refractivity contribution in [1.29, 1.82) is 0 Å². The number of methoxy groups -OCH3 is 1. The van der Waals surface area contributed by atoms with E-state index in [1.165, 1.54) is 22.3 Å². The summed E-state index contributed by atoms with van der Waals surface area (Å²) in [5.41, 5.74) is 10.8. The molecule has 0 heterocycles. The van der Waals surface area contributed by atoms with Crippen LogP contribution in [-0.4, -0.2) is 31.0 Å². The second kappa shape index (κ2) is 6.61. The van der Waals surface area contributed by atoms with Crippen molar-refractivity contribution in [1.82, 2.24) is 0 Å². The molecule has 0 aliphatic heterocycles. The van der Waals surface area contributed by atoms with Gasteiger partial charge >= 0.3 is 0 Å².